The van der Waals surface area contributed by atoms with E-state index in [1.54, 1.807) is 17.1 Å². The van der Waals surface area contributed by atoms with Crippen LogP contribution in [-0.2, 0) is 4.74 Å². The molecule has 2 atom stereocenters. The van der Waals surface area contributed by atoms with Crippen LogP contribution in [0.2, 0.25) is 5.02 Å². The van der Waals surface area contributed by atoms with Gasteiger partial charge in [0, 0.05) is 48.8 Å². The molecule has 5 heterocycles. The maximum atomic E-state index is 15.0. The number of nitrogens with one attached hydrogen (secondary N) is 2. The summed E-state index contributed by atoms with van der Waals surface area (Å²) >= 11 is 6.43. The quantitative estimate of drug-likeness (QED) is 0.640. The molecule has 9 heteroatoms. The molecule has 2 aliphatic heterocycles. The van der Waals surface area contributed by atoms with Crippen LogP contribution < -0.4 is 5.32 Å². The molecule has 30 heavy (non-hydrogen) atoms. The predicted molar refractivity (Wildman–Crippen MR) is 116 cm³/mol. The number of likely N-dealkylation sites (tertiary alicyclic amines) is 1. The Morgan fingerprint density at radius 1 is 1.33 bits per heavy atom. The molecule has 0 radical (unpaired) electrons. The molecule has 7 nitrogen and oxygen atoms in total. The van der Waals surface area contributed by atoms with Crippen molar-refractivity contribution in [1.82, 2.24) is 24.6 Å². The molecule has 3 aromatic rings. The topological polar surface area (TPSA) is 71.0 Å². The highest BCUT2D eigenvalue weighted by molar-refractivity contribution is 6.36. The van der Waals surface area contributed by atoms with E-state index in [-0.39, 0.29) is 12.1 Å². The molecule has 5 rings (SSSR count). The van der Waals surface area contributed by atoms with E-state index >= 15 is 0 Å². The van der Waals surface area contributed by atoms with Crippen LogP contribution in [0.25, 0.3) is 22.2 Å². The van der Waals surface area contributed by atoms with E-state index in [0.717, 1.165) is 40.8 Å². The summed E-state index contributed by atoms with van der Waals surface area (Å²) in [5.74, 6) is 0. The van der Waals surface area contributed by atoms with Crippen molar-refractivity contribution in [1.29, 1.82) is 0 Å². The molecule has 2 N–H and O–H groups in total. The molecule has 160 valence electrons. The van der Waals surface area contributed by atoms with Crippen LogP contribution in [0.4, 0.5) is 10.1 Å². The number of H-pyrrole nitrogens is 1. The van der Waals surface area contributed by atoms with Crippen LogP contribution in [0.15, 0.2) is 24.8 Å². The lowest BCUT2D eigenvalue weighted by Crippen LogP contribution is -2.55. The number of aromatic amines is 1. The van der Waals surface area contributed by atoms with Gasteiger partial charge in [-0.3, -0.25) is 9.58 Å². The van der Waals surface area contributed by atoms with Crippen LogP contribution in [-0.4, -0.2) is 69.2 Å². The summed E-state index contributed by atoms with van der Waals surface area (Å²) in [4.78, 5) is 9.82. The summed E-state index contributed by atoms with van der Waals surface area (Å²) in [7, 11) is 0. The number of anilines is 1. The standard InChI is InChI=1S/C21H26ClFN6O/c1-12(2)27-20-15(6-24-21-19(20)16(22)7-25-21)13-5-26-29(8-13)18-3-4-28(9-17(18)23)14-10-30-11-14/h5-8,12,14,17-18H,3-4,9-11H2,1-2H3,(H2,24,25,27)/t17-,18?/m0/s1. The van der Waals surface area contributed by atoms with Gasteiger partial charge in [0.15, 0.2) is 0 Å². The average molecular weight is 433 g/mol. The Hall–Kier alpha value is -2.16. The minimum atomic E-state index is -0.958. The first kappa shape index (κ1) is 19.8. The summed E-state index contributed by atoms with van der Waals surface area (Å²) in [6.07, 6.45) is 7.04. The van der Waals surface area contributed by atoms with Gasteiger partial charge in [0.25, 0.3) is 0 Å². The van der Waals surface area contributed by atoms with Gasteiger partial charge in [-0.2, -0.15) is 5.10 Å². The number of hydrogen-bond acceptors (Lipinski definition) is 5. The van der Waals surface area contributed by atoms with Crippen molar-refractivity contribution in [2.75, 3.05) is 31.6 Å². The molecule has 2 aliphatic rings. The Labute approximate surface area is 179 Å². The van der Waals surface area contributed by atoms with E-state index in [1.165, 1.54) is 0 Å². The summed E-state index contributed by atoms with van der Waals surface area (Å²) in [6, 6.07) is 0.321. The third kappa shape index (κ3) is 3.46. The van der Waals surface area contributed by atoms with Crippen molar-refractivity contribution in [3.8, 4) is 11.1 Å². The van der Waals surface area contributed by atoms with E-state index < -0.39 is 6.17 Å². The maximum absolute atomic E-state index is 15.0. The van der Waals surface area contributed by atoms with Crippen LogP contribution in [0, 0.1) is 0 Å². The smallest absolute Gasteiger partial charge is 0.140 e. The van der Waals surface area contributed by atoms with Crippen LogP contribution >= 0.6 is 11.6 Å². The Balaban J connectivity index is 1.44. The van der Waals surface area contributed by atoms with Crippen molar-refractivity contribution in [2.45, 2.75) is 44.6 Å². The number of piperidine rings is 1. The largest absolute Gasteiger partial charge is 0.382 e. The zero-order valence-electron chi connectivity index (χ0n) is 17.1. The maximum Gasteiger partial charge on any atom is 0.140 e. The van der Waals surface area contributed by atoms with Gasteiger partial charge in [-0.05, 0) is 20.3 Å². The SMILES string of the molecule is CC(C)Nc1c(-c2cnn(C3CCN(C4COC4)C[C@@H]3F)c2)cnc2[nH]cc(Cl)c12. The fourth-order valence-electron chi connectivity index (χ4n) is 4.35. The zero-order chi connectivity index (χ0) is 20.8. The van der Waals surface area contributed by atoms with Crippen molar-refractivity contribution in [3.63, 3.8) is 0 Å². The number of halogens is 2. The van der Waals surface area contributed by atoms with Gasteiger partial charge in [-0.1, -0.05) is 11.6 Å². The second-order valence-electron chi connectivity index (χ2n) is 8.47. The molecule has 0 aliphatic carbocycles. The number of ether oxygens (including phenoxy) is 1. The predicted octanol–water partition coefficient (Wildman–Crippen LogP) is 3.88. The minimum Gasteiger partial charge on any atom is -0.382 e. The van der Waals surface area contributed by atoms with Gasteiger partial charge in [0.2, 0.25) is 0 Å². The Kier molecular flexibility index (Phi) is 5.16. The van der Waals surface area contributed by atoms with Gasteiger partial charge < -0.3 is 15.0 Å². The first-order valence-electron chi connectivity index (χ1n) is 10.4. The lowest BCUT2D eigenvalue weighted by atomic mass is 10.0. The molecule has 3 aromatic heterocycles. The number of aromatic nitrogens is 4. The summed E-state index contributed by atoms with van der Waals surface area (Å²) in [6.45, 7) is 6.88. The van der Waals surface area contributed by atoms with Gasteiger partial charge in [0.1, 0.15) is 11.8 Å². The molecule has 1 unspecified atom stereocenters. The highest BCUT2D eigenvalue weighted by atomic mass is 35.5. The molecule has 0 bridgehead atoms. The molecule has 2 saturated heterocycles. The van der Waals surface area contributed by atoms with E-state index in [0.29, 0.717) is 30.8 Å². The van der Waals surface area contributed by atoms with Crippen LogP contribution in [0.1, 0.15) is 26.3 Å². The third-order valence-corrected chi connectivity index (χ3v) is 6.31. The summed E-state index contributed by atoms with van der Waals surface area (Å²) < 4.78 is 22.0. The van der Waals surface area contributed by atoms with Crippen LogP contribution in [0.3, 0.4) is 0 Å². The molecule has 0 aromatic carbocycles. The normalized spacial score (nSPS) is 23.2. The van der Waals surface area contributed by atoms with Gasteiger partial charge >= 0.3 is 0 Å². The Morgan fingerprint density at radius 2 is 2.17 bits per heavy atom. The van der Waals surface area contributed by atoms with Gasteiger partial charge in [-0.25, -0.2) is 9.37 Å². The van der Waals surface area contributed by atoms with Crippen molar-refractivity contribution in [3.05, 3.63) is 29.8 Å². The first-order valence-corrected chi connectivity index (χ1v) is 10.8. The van der Waals surface area contributed by atoms with E-state index in [9.17, 15) is 4.39 Å². The van der Waals surface area contributed by atoms with Gasteiger partial charge in [0.05, 0.1) is 47.6 Å². The minimum absolute atomic E-state index is 0.213. The van der Waals surface area contributed by atoms with Crippen molar-refractivity contribution < 1.29 is 9.13 Å². The fraction of sp³-hybridized carbons (Fsp3) is 0.524. The second-order valence-corrected chi connectivity index (χ2v) is 8.88. The highest BCUT2D eigenvalue weighted by Gasteiger charge is 2.36. The zero-order valence-corrected chi connectivity index (χ0v) is 17.9. The number of pyridine rings is 1. The third-order valence-electron chi connectivity index (χ3n) is 6.01. The molecule has 2 fully saturated rings. The lowest BCUT2D eigenvalue weighted by molar-refractivity contribution is -0.0847. The summed E-state index contributed by atoms with van der Waals surface area (Å²) in [5.41, 5.74) is 3.45. The molecule has 0 amide bonds. The lowest BCUT2D eigenvalue weighted by Gasteiger charge is -2.42. The van der Waals surface area contributed by atoms with E-state index in [4.69, 9.17) is 16.3 Å². The number of nitrogens with zero attached hydrogens (tertiary/aromatic N) is 4. The Morgan fingerprint density at radius 3 is 2.87 bits per heavy atom. The second kappa shape index (κ2) is 7.83. The first-order chi connectivity index (χ1) is 14.5. The molecule has 0 spiro atoms. The molecular weight excluding hydrogens is 407 g/mol. The molecular formula is C21H26ClFN6O. The van der Waals surface area contributed by atoms with Gasteiger partial charge in [-0.15, -0.1) is 0 Å². The average Bonchev–Trinajstić information content (AvgIpc) is 3.28. The molecule has 0 saturated carbocycles. The number of hydrogen-bond donors (Lipinski definition) is 2. The van der Waals surface area contributed by atoms with E-state index in [2.05, 4.69) is 39.1 Å². The van der Waals surface area contributed by atoms with Crippen molar-refractivity contribution >= 4 is 28.3 Å². The Bertz CT molecular complexity index is 1050. The highest BCUT2D eigenvalue weighted by Crippen LogP contribution is 2.38. The van der Waals surface area contributed by atoms with Crippen molar-refractivity contribution in [2.24, 2.45) is 0 Å². The number of alkyl halides is 1. The monoisotopic (exact) mass is 432 g/mol. The summed E-state index contributed by atoms with van der Waals surface area (Å²) in [5, 5.41) is 9.49. The fourth-order valence-corrected chi connectivity index (χ4v) is 4.59. The van der Waals surface area contributed by atoms with Crippen LogP contribution in [0.5, 0.6) is 0 Å². The number of rotatable bonds is 5. The van der Waals surface area contributed by atoms with E-state index in [1.807, 2.05) is 12.4 Å². The number of fused-ring (bicyclic) bond motifs is 1.